The second kappa shape index (κ2) is 6.99. The third-order valence-corrected chi connectivity index (χ3v) is 4.07. The van der Waals surface area contributed by atoms with Gasteiger partial charge in [0.1, 0.15) is 11.3 Å². The van der Waals surface area contributed by atoms with E-state index in [0.29, 0.717) is 22.0 Å². The summed E-state index contributed by atoms with van der Waals surface area (Å²) >= 11 is 6.03. The van der Waals surface area contributed by atoms with Crippen molar-refractivity contribution in [2.45, 2.75) is 20.0 Å². The van der Waals surface area contributed by atoms with Gasteiger partial charge < -0.3 is 14.5 Å². The van der Waals surface area contributed by atoms with Crippen LogP contribution in [-0.2, 0) is 4.79 Å². The van der Waals surface area contributed by atoms with E-state index in [-0.39, 0.29) is 5.91 Å². The van der Waals surface area contributed by atoms with E-state index in [9.17, 15) is 9.59 Å². The highest BCUT2D eigenvalue weighted by atomic mass is 35.5. The Morgan fingerprint density at radius 2 is 1.96 bits per heavy atom. The average molecular weight is 358 g/mol. The minimum atomic E-state index is -0.759. The minimum Gasteiger partial charge on any atom is -0.481 e. The van der Waals surface area contributed by atoms with Crippen LogP contribution in [0.2, 0.25) is 5.02 Å². The van der Waals surface area contributed by atoms with Gasteiger partial charge in [0.15, 0.2) is 6.10 Å². The van der Waals surface area contributed by atoms with Crippen LogP contribution < -0.4 is 15.7 Å². The lowest BCUT2D eigenvalue weighted by Crippen LogP contribution is -2.30. The Morgan fingerprint density at radius 3 is 2.72 bits per heavy atom. The molecule has 6 heteroatoms. The molecule has 1 heterocycles. The van der Waals surface area contributed by atoms with E-state index in [1.165, 1.54) is 6.07 Å². The van der Waals surface area contributed by atoms with Crippen LogP contribution in [0.5, 0.6) is 5.75 Å². The molecule has 2 aromatic carbocycles. The Morgan fingerprint density at radius 1 is 1.20 bits per heavy atom. The molecule has 1 N–H and O–H groups in total. The van der Waals surface area contributed by atoms with Gasteiger partial charge in [-0.25, -0.2) is 4.79 Å². The van der Waals surface area contributed by atoms with Crippen molar-refractivity contribution in [3.63, 3.8) is 0 Å². The lowest BCUT2D eigenvalue weighted by Gasteiger charge is -2.15. The predicted molar refractivity (Wildman–Crippen MR) is 97.4 cm³/mol. The summed E-state index contributed by atoms with van der Waals surface area (Å²) in [7, 11) is 0. The Bertz CT molecular complexity index is 996. The molecule has 1 amide bonds. The molecular weight excluding hydrogens is 342 g/mol. The highest BCUT2D eigenvalue weighted by molar-refractivity contribution is 6.33. The summed E-state index contributed by atoms with van der Waals surface area (Å²) in [5.41, 5.74) is 1.33. The van der Waals surface area contributed by atoms with Gasteiger partial charge in [0.05, 0.1) is 10.7 Å². The number of amides is 1. The van der Waals surface area contributed by atoms with Crippen molar-refractivity contribution < 1.29 is 13.9 Å². The van der Waals surface area contributed by atoms with Crippen molar-refractivity contribution in [1.29, 1.82) is 0 Å². The SMILES string of the molecule is Cc1cc(=O)oc2cc(OC(C)C(=O)Nc3ccccc3Cl)ccc12. The van der Waals surface area contributed by atoms with E-state index in [1.54, 1.807) is 49.4 Å². The maximum absolute atomic E-state index is 12.3. The number of para-hydroxylation sites is 1. The van der Waals surface area contributed by atoms with Crippen molar-refractivity contribution >= 4 is 34.2 Å². The maximum atomic E-state index is 12.3. The zero-order valence-electron chi connectivity index (χ0n) is 13.7. The molecule has 0 aliphatic rings. The molecule has 128 valence electrons. The van der Waals surface area contributed by atoms with Crippen LogP contribution in [0.15, 0.2) is 57.7 Å². The molecule has 1 atom stereocenters. The molecule has 0 aliphatic carbocycles. The standard InChI is InChI=1S/C19H16ClNO4/c1-11-9-18(22)25-17-10-13(7-8-14(11)17)24-12(2)19(23)21-16-6-4-3-5-15(16)20/h3-10,12H,1-2H3,(H,21,23). The summed E-state index contributed by atoms with van der Waals surface area (Å²) < 4.78 is 10.8. The fourth-order valence-corrected chi connectivity index (χ4v) is 2.62. The van der Waals surface area contributed by atoms with Gasteiger partial charge in [0, 0.05) is 17.5 Å². The van der Waals surface area contributed by atoms with Crippen molar-refractivity contribution in [2.24, 2.45) is 0 Å². The smallest absolute Gasteiger partial charge is 0.336 e. The first-order valence-corrected chi connectivity index (χ1v) is 8.08. The number of anilines is 1. The quantitative estimate of drug-likeness (QED) is 0.712. The Labute approximate surface area is 149 Å². The second-order valence-electron chi connectivity index (χ2n) is 5.64. The molecule has 3 rings (SSSR count). The molecule has 0 spiro atoms. The molecule has 5 nitrogen and oxygen atoms in total. The number of hydrogen-bond acceptors (Lipinski definition) is 4. The highest BCUT2D eigenvalue weighted by Crippen LogP contribution is 2.24. The topological polar surface area (TPSA) is 68.5 Å². The van der Waals surface area contributed by atoms with Gasteiger partial charge in [-0.15, -0.1) is 0 Å². The van der Waals surface area contributed by atoms with E-state index >= 15 is 0 Å². The first kappa shape index (κ1) is 17.0. The van der Waals surface area contributed by atoms with E-state index in [1.807, 2.05) is 6.92 Å². The lowest BCUT2D eigenvalue weighted by atomic mass is 10.1. The monoisotopic (exact) mass is 357 g/mol. The maximum Gasteiger partial charge on any atom is 0.336 e. The number of aryl methyl sites for hydroxylation is 1. The van der Waals surface area contributed by atoms with Crippen molar-refractivity contribution in [2.75, 3.05) is 5.32 Å². The molecule has 0 bridgehead atoms. The van der Waals surface area contributed by atoms with Crippen LogP contribution in [0.4, 0.5) is 5.69 Å². The van der Waals surface area contributed by atoms with E-state index in [0.717, 1.165) is 10.9 Å². The second-order valence-corrected chi connectivity index (χ2v) is 6.04. The van der Waals surface area contributed by atoms with Crippen LogP contribution in [0.25, 0.3) is 11.0 Å². The summed E-state index contributed by atoms with van der Waals surface area (Å²) in [6, 6.07) is 13.5. The molecular formula is C19H16ClNO4. The number of carbonyl (C=O) groups excluding carboxylic acids is 1. The van der Waals surface area contributed by atoms with Gasteiger partial charge in [-0.3, -0.25) is 4.79 Å². The van der Waals surface area contributed by atoms with Crippen LogP contribution in [0.1, 0.15) is 12.5 Å². The Kier molecular flexibility index (Phi) is 4.76. The van der Waals surface area contributed by atoms with Gasteiger partial charge in [-0.2, -0.15) is 0 Å². The predicted octanol–water partition coefficient (Wildman–Crippen LogP) is 4.16. The highest BCUT2D eigenvalue weighted by Gasteiger charge is 2.16. The van der Waals surface area contributed by atoms with Gasteiger partial charge >= 0.3 is 5.63 Å². The molecule has 0 saturated carbocycles. The minimum absolute atomic E-state index is 0.334. The van der Waals surface area contributed by atoms with Gasteiger partial charge in [0.2, 0.25) is 0 Å². The molecule has 3 aromatic rings. The summed E-state index contributed by atoms with van der Waals surface area (Å²) in [5, 5.41) is 3.99. The van der Waals surface area contributed by atoms with E-state index in [4.69, 9.17) is 20.8 Å². The number of carbonyl (C=O) groups is 1. The van der Waals surface area contributed by atoms with Crippen molar-refractivity contribution in [3.05, 3.63) is 69.5 Å². The molecule has 0 radical (unpaired) electrons. The third-order valence-electron chi connectivity index (χ3n) is 3.74. The third kappa shape index (κ3) is 3.83. The molecule has 0 aliphatic heterocycles. The lowest BCUT2D eigenvalue weighted by molar-refractivity contribution is -0.122. The number of benzene rings is 2. The summed E-state index contributed by atoms with van der Waals surface area (Å²) in [6.07, 6.45) is -0.759. The number of halogens is 1. The fraction of sp³-hybridized carbons (Fsp3) is 0.158. The first-order chi connectivity index (χ1) is 11.9. The normalized spacial score (nSPS) is 12.0. The van der Waals surface area contributed by atoms with Crippen molar-refractivity contribution in [3.8, 4) is 5.75 Å². The van der Waals surface area contributed by atoms with Crippen LogP contribution in [-0.4, -0.2) is 12.0 Å². The first-order valence-electron chi connectivity index (χ1n) is 7.70. The van der Waals surface area contributed by atoms with Crippen LogP contribution in [0, 0.1) is 6.92 Å². The zero-order chi connectivity index (χ0) is 18.0. The van der Waals surface area contributed by atoms with Gasteiger partial charge in [-0.1, -0.05) is 23.7 Å². The van der Waals surface area contributed by atoms with Gasteiger partial charge in [-0.05, 0) is 43.7 Å². The Hall–Kier alpha value is -2.79. The number of rotatable bonds is 4. The molecule has 0 saturated heterocycles. The summed E-state index contributed by atoms with van der Waals surface area (Å²) in [5.74, 6) is 0.0990. The number of fused-ring (bicyclic) bond motifs is 1. The summed E-state index contributed by atoms with van der Waals surface area (Å²) in [6.45, 7) is 3.46. The summed E-state index contributed by atoms with van der Waals surface area (Å²) in [4.78, 5) is 23.8. The molecule has 1 aromatic heterocycles. The largest absolute Gasteiger partial charge is 0.481 e. The molecule has 25 heavy (non-hydrogen) atoms. The van der Waals surface area contributed by atoms with Gasteiger partial charge in [0.25, 0.3) is 5.91 Å². The average Bonchev–Trinajstić information content (AvgIpc) is 2.56. The number of ether oxygens (including phenoxy) is 1. The fourth-order valence-electron chi connectivity index (χ4n) is 2.43. The molecule has 1 unspecified atom stereocenters. The number of hydrogen-bond donors (Lipinski definition) is 1. The van der Waals surface area contributed by atoms with E-state index in [2.05, 4.69) is 5.32 Å². The number of nitrogens with one attached hydrogen (secondary N) is 1. The molecule has 0 fully saturated rings. The van der Waals surface area contributed by atoms with Crippen LogP contribution >= 0.6 is 11.6 Å². The van der Waals surface area contributed by atoms with Crippen molar-refractivity contribution in [1.82, 2.24) is 0 Å². The zero-order valence-corrected chi connectivity index (χ0v) is 14.5. The Balaban J connectivity index is 1.77. The van der Waals surface area contributed by atoms with E-state index < -0.39 is 11.7 Å². The van der Waals surface area contributed by atoms with Crippen LogP contribution in [0.3, 0.4) is 0 Å².